The summed E-state index contributed by atoms with van der Waals surface area (Å²) < 4.78 is 43.8. The van der Waals surface area contributed by atoms with Crippen LogP contribution in [0.25, 0.3) is 11.4 Å². The molecule has 0 saturated carbocycles. The van der Waals surface area contributed by atoms with E-state index in [1.807, 2.05) is 0 Å². The molecule has 0 saturated heterocycles. The van der Waals surface area contributed by atoms with Gasteiger partial charge in [0.25, 0.3) is 0 Å². The minimum atomic E-state index is -4.48. The molecule has 0 amide bonds. The number of esters is 1. The normalized spacial score (nSPS) is 12.6. The van der Waals surface area contributed by atoms with Crippen LogP contribution in [0.4, 0.5) is 13.2 Å². The van der Waals surface area contributed by atoms with Crippen molar-refractivity contribution in [2.75, 3.05) is 6.61 Å². The van der Waals surface area contributed by atoms with Gasteiger partial charge in [0, 0.05) is 5.56 Å². The molecule has 2 aromatic carbocycles. The van der Waals surface area contributed by atoms with Crippen molar-refractivity contribution in [1.29, 1.82) is 0 Å². The number of aromatic nitrogens is 4. The average molecular weight is 376 g/mol. The highest BCUT2D eigenvalue weighted by molar-refractivity contribution is 5.77. The van der Waals surface area contributed by atoms with E-state index in [9.17, 15) is 18.0 Å². The molecule has 0 N–H and O–H groups in total. The molecular weight excluding hydrogens is 361 g/mol. The van der Waals surface area contributed by atoms with Gasteiger partial charge < -0.3 is 4.74 Å². The van der Waals surface area contributed by atoms with Crippen molar-refractivity contribution >= 4 is 5.97 Å². The van der Waals surface area contributed by atoms with E-state index in [0.29, 0.717) is 5.56 Å². The van der Waals surface area contributed by atoms with E-state index in [1.165, 1.54) is 12.1 Å². The number of ether oxygens (including phenoxy) is 1. The second-order valence-electron chi connectivity index (χ2n) is 5.58. The lowest BCUT2D eigenvalue weighted by Gasteiger charge is -2.14. The Morgan fingerprint density at radius 2 is 1.89 bits per heavy atom. The van der Waals surface area contributed by atoms with E-state index in [1.54, 1.807) is 37.3 Å². The molecule has 6 nitrogen and oxygen atoms in total. The Kier molecular flexibility index (Phi) is 5.20. The summed E-state index contributed by atoms with van der Waals surface area (Å²) in [6.07, 6.45) is -4.48. The Bertz CT molecular complexity index is 926. The molecule has 9 heteroatoms. The number of rotatable bonds is 5. The average Bonchev–Trinajstić information content (AvgIpc) is 3.12. The highest BCUT2D eigenvalue weighted by Crippen LogP contribution is 2.31. The van der Waals surface area contributed by atoms with Crippen molar-refractivity contribution in [3.63, 3.8) is 0 Å². The third-order valence-electron chi connectivity index (χ3n) is 3.73. The van der Waals surface area contributed by atoms with Gasteiger partial charge in [0.05, 0.1) is 12.2 Å². The number of halogens is 3. The molecule has 27 heavy (non-hydrogen) atoms. The molecule has 0 aliphatic carbocycles. The van der Waals surface area contributed by atoms with Crippen LogP contribution in [0, 0.1) is 0 Å². The lowest BCUT2D eigenvalue weighted by molar-refractivity contribution is -0.146. The first-order chi connectivity index (χ1) is 12.9. The Morgan fingerprint density at radius 3 is 2.56 bits per heavy atom. The van der Waals surface area contributed by atoms with Crippen LogP contribution in [0.3, 0.4) is 0 Å². The van der Waals surface area contributed by atoms with E-state index in [-0.39, 0.29) is 18.0 Å². The van der Waals surface area contributed by atoms with Crippen LogP contribution < -0.4 is 0 Å². The Balaban J connectivity index is 1.98. The third-order valence-corrected chi connectivity index (χ3v) is 3.73. The molecule has 0 aliphatic rings. The number of carbonyl (C=O) groups excluding carboxylic acids is 1. The van der Waals surface area contributed by atoms with Gasteiger partial charge in [-0.2, -0.15) is 13.2 Å². The molecule has 1 unspecified atom stereocenters. The molecule has 3 aromatic rings. The van der Waals surface area contributed by atoms with Gasteiger partial charge in [-0.05, 0) is 29.8 Å². The quantitative estimate of drug-likeness (QED) is 0.638. The Labute approximate surface area is 152 Å². The van der Waals surface area contributed by atoms with Crippen LogP contribution in [-0.4, -0.2) is 32.8 Å². The predicted octanol–water partition coefficient (Wildman–Crippen LogP) is 3.51. The molecule has 1 aromatic heterocycles. The molecule has 0 bridgehead atoms. The van der Waals surface area contributed by atoms with Crippen molar-refractivity contribution < 1.29 is 22.7 Å². The molecule has 0 fully saturated rings. The zero-order valence-corrected chi connectivity index (χ0v) is 14.2. The van der Waals surface area contributed by atoms with Crippen molar-refractivity contribution in [3.8, 4) is 11.4 Å². The number of hydrogen-bond donors (Lipinski definition) is 0. The maximum Gasteiger partial charge on any atom is 0.416 e. The maximum atomic E-state index is 12.9. The van der Waals surface area contributed by atoms with Gasteiger partial charge in [-0.3, -0.25) is 0 Å². The number of nitrogens with zero attached hydrogens (tertiary/aromatic N) is 4. The Morgan fingerprint density at radius 1 is 1.15 bits per heavy atom. The lowest BCUT2D eigenvalue weighted by atomic mass is 10.1. The molecule has 1 atom stereocenters. The SMILES string of the molecule is CCOC(=O)C(c1ccccc1)n1nnc(-c2cccc(C(F)(F)F)c2)n1. The fraction of sp³-hybridized carbons (Fsp3) is 0.222. The van der Waals surface area contributed by atoms with Crippen molar-refractivity contribution in [3.05, 3.63) is 65.7 Å². The highest BCUT2D eigenvalue weighted by atomic mass is 19.4. The Hall–Kier alpha value is -3.23. The monoisotopic (exact) mass is 376 g/mol. The molecule has 0 radical (unpaired) electrons. The molecule has 0 aliphatic heterocycles. The number of tetrazole rings is 1. The summed E-state index contributed by atoms with van der Waals surface area (Å²) in [5, 5.41) is 11.8. The fourth-order valence-corrected chi connectivity index (χ4v) is 2.50. The smallest absolute Gasteiger partial charge is 0.416 e. The predicted molar refractivity (Wildman–Crippen MR) is 89.5 cm³/mol. The van der Waals surface area contributed by atoms with E-state index in [4.69, 9.17) is 4.74 Å². The third kappa shape index (κ3) is 4.13. The topological polar surface area (TPSA) is 69.9 Å². The summed E-state index contributed by atoms with van der Waals surface area (Å²) in [6.45, 7) is 1.83. The molecule has 0 spiro atoms. The highest BCUT2D eigenvalue weighted by Gasteiger charge is 2.31. The fourth-order valence-electron chi connectivity index (χ4n) is 2.50. The first-order valence-corrected chi connectivity index (χ1v) is 8.09. The van der Waals surface area contributed by atoms with E-state index in [2.05, 4.69) is 15.4 Å². The molecule has 3 rings (SSSR count). The van der Waals surface area contributed by atoms with Crippen LogP contribution >= 0.6 is 0 Å². The van der Waals surface area contributed by atoms with E-state index < -0.39 is 23.8 Å². The second kappa shape index (κ2) is 7.56. The van der Waals surface area contributed by atoms with Crippen molar-refractivity contribution in [2.24, 2.45) is 0 Å². The number of alkyl halides is 3. The van der Waals surface area contributed by atoms with Crippen LogP contribution in [0.15, 0.2) is 54.6 Å². The second-order valence-corrected chi connectivity index (χ2v) is 5.58. The van der Waals surface area contributed by atoms with Crippen molar-refractivity contribution in [2.45, 2.75) is 19.1 Å². The summed E-state index contributed by atoms with van der Waals surface area (Å²) in [5.41, 5.74) is -0.1000. The number of hydrogen-bond acceptors (Lipinski definition) is 5. The summed E-state index contributed by atoms with van der Waals surface area (Å²) >= 11 is 0. The van der Waals surface area contributed by atoms with E-state index in [0.717, 1.165) is 16.9 Å². The molecular formula is C18H15F3N4O2. The minimum absolute atomic E-state index is 0.0219. The molecule has 1 heterocycles. The summed E-state index contributed by atoms with van der Waals surface area (Å²) in [5.74, 6) is -0.608. The van der Waals surface area contributed by atoms with Crippen LogP contribution in [-0.2, 0) is 15.7 Å². The van der Waals surface area contributed by atoms with Gasteiger partial charge in [0.15, 0.2) is 6.04 Å². The molecule has 140 valence electrons. The zero-order valence-electron chi connectivity index (χ0n) is 14.2. The van der Waals surface area contributed by atoms with E-state index >= 15 is 0 Å². The van der Waals surface area contributed by atoms with Gasteiger partial charge in [-0.1, -0.05) is 42.5 Å². The van der Waals surface area contributed by atoms with Crippen LogP contribution in [0.5, 0.6) is 0 Å². The van der Waals surface area contributed by atoms with Crippen LogP contribution in [0.1, 0.15) is 24.1 Å². The van der Waals surface area contributed by atoms with Gasteiger partial charge in [-0.25, -0.2) is 4.79 Å². The van der Waals surface area contributed by atoms with Gasteiger partial charge >= 0.3 is 12.1 Å². The number of carbonyl (C=O) groups is 1. The summed E-state index contributed by atoms with van der Waals surface area (Å²) in [7, 11) is 0. The lowest BCUT2D eigenvalue weighted by Crippen LogP contribution is -2.25. The minimum Gasteiger partial charge on any atom is -0.464 e. The van der Waals surface area contributed by atoms with Gasteiger partial charge in [-0.15, -0.1) is 15.0 Å². The van der Waals surface area contributed by atoms with Gasteiger partial charge in [0.1, 0.15) is 0 Å². The largest absolute Gasteiger partial charge is 0.464 e. The summed E-state index contributed by atoms with van der Waals surface area (Å²) in [6, 6.07) is 12.3. The first-order valence-electron chi connectivity index (χ1n) is 8.09. The summed E-state index contributed by atoms with van der Waals surface area (Å²) in [4.78, 5) is 13.4. The van der Waals surface area contributed by atoms with Crippen molar-refractivity contribution in [1.82, 2.24) is 20.2 Å². The standard InChI is InChI=1S/C18H15F3N4O2/c1-2-27-17(26)15(12-7-4-3-5-8-12)25-23-16(22-24-25)13-9-6-10-14(11-13)18(19,20)21/h3-11,15H,2H2,1H3. The van der Waals surface area contributed by atoms with Crippen LogP contribution in [0.2, 0.25) is 0 Å². The first kappa shape index (κ1) is 18.6. The number of benzene rings is 2. The van der Waals surface area contributed by atoms with Gasteiger partial charge in [0.2, 0.25) is 5.82 Å². The zero-order chi connectivity index (χ0) is 19.4. The maximum absolute atomic E-state index is 12.9.